The third-order valence-electron chi connectivity index (χ3n) is 4.89. The standard InChI is InChI=1S/C17H25N/c1-2-3-11-18-12-10-17-15(13-18)9-8-14-6-4-5-7-16(14)17/h4-7,15,17H,2-3,8-13H2,1H3/t15-,17-/m1/s1. The van der Waals surface area contributed by atoms with Gasteiger partial charge in [0.1, 0.15) is 0 Å². The molecular formula is C17H25N. The quantitative estimate of drug-likeness (QED) is 0.779. The highest BCUT2D eigenvalue weighted by atomic mass is 15.1. The molecule has 3 rings (SSSR count). The van der Waals surface area contributed by atoms with E-state index in [0.29, 0.717) is 0 Å². The smallest absolute Gasteiger partial charge is 0.00156 e. The van der Waals surface area contributed by atoms with Crippen LogP contribution in [0, 0.1) is 5.92 Å². The first-order valence-electron chi connectivity index (χ1n) is 7.68. The SMILES string of the molecule is CCCCN1CC[C@H]2c3ccccc3CC[C@@H]2C1. The summed E-state index contributed by atoms with van der Waals surface area (Å²) in [6.07, 6.45) is 6.79. The topological polar surface area (TPSA) is 3.24 Å². The van der Waals surface area contributed by atoms with E-state index >= 15 is 0 Å². The van der Waals surface area contributed by atoms with Gasteiger partial charge in [-0.25, -0.2) is 0 Å². The number of likely N-dealkylation sites (tertiary alicyclic amines) is 1. The van der Waals surface area contributed by atoms with E-state index in [-0.39, 0.29) is 0 Å². The number of aryl methyl sites for hydroxylation is 1. The average molecular weight is 243 g/mol. The molecule has 0 saturated carbocycles. The number of hydrogen-bond acceptors (Lipinski definition) is 1. The summed E-state index contributed by atoms with van der Waals surface area (Å²) in [4.78, 5) is 2.71. The van der Waals surface area contributed by atoms with Crippen LogP contribution in [0.4, 0.5) is 0 Å². The largest absolute Gasteiger partial charge is 0.303 e. The molecule has 1 aromatic carbocycles. The van der Waals surface area contributed by atoms with Crippen molar-refractivity contribution >= 4 is 0 Å². The molecule has 2 aliphatic rings. The third kappa shape index (κ3) is 2.33. The van der Waals surface area contributed by atoms with Crippen LogP contribution in [0.2, 0.25) is 0 Å². The van der Waals surface area contributed by atoms with Crippen molar-refractivity contribution in [3.05, 3.63) is 35.4 Å². The average Bonchev–Trinajstić information content (AvgIpc) is 2.44. The van der Waals surface area contributed by atoms with E-state index in [1.165, 1.54) is 51.7 Å². The zero-order valence-corrected chi connectivity index (χ0v) is 11.6. The zero-order chi connectivity index (χ0) is 12.4. The van der Waals surface area contributed by atoms with Crippen LogP contribution in [0.3, 0.4) is 0 Å². The van der Waals surface area contributed by atoms with Gasteiger partial charge in [-0.15, -0.1) is 0 Å². The van der Waals surface area contributed by atoms with Crippen LogP contribution in [0.5, 0.6) is 0 Å². The van der Waals surface area contributed by atoms with Gasteiger partial charge < -0.3 is 4.90 Å². The van der Waals surface area contributed by atoms with E-state index in [1.807, 2.05) is 0 Å². The second-order valence-corrected chi connectivity index (χ2v) is 6.05. The molecule has 0 radical (unpaired) electrons. The lowest BCUT2D eigenvalue weighted by molar-refractivity contribution is 0.139. The summed E-state index contributed by atoms with van der Waals surface area (Å²) in [5.41, 5.74) is 3.30. The van der Waals surface area contributed by atoms with E-state index in [0.717, 1.165) is 11.8 Å². The molecule has 1 aromatic rings. The predicted octanol–water partition coefficient (Wildman–Crippen LogP) is 3.84. The summed E-state index contributed by atoms with van der Waals surface area (Å²) >= 11 is 0. The van der Waals surface area contributed by atoms with E-state index in [4.69, 9.17) is 0 Å². The molecule has 1 fully saturated rings. The number of hydrogen-bond donors (Lipinski definition) is 0. The van der Waals surface area contributed by atoms with Gasteiger partial charge in [0.15, 0.2) is 0 Å². The van der Waals surface area contributed by atoms with Gasteiger partial charge in [-0.1, -0.05) is 37.6 Å². The molecule has 1 saturated heterocycles. The maximum absolute atomic E-state index is 2.71. The fourth-order valence-electron chi connectivity index (χ4n) is 3.86. The van der Waals surface area contributed by atoms with Crippen LogP contribution in [0.1, 0.15) is 49.7 Å². The van der Waals surface area contributed by atoms with Gasteiger partial charge >= 0.3 is 0 Å². The van der Waals surface area contributed by atoms with Crippen molar-refractivity contribution in [3.8, 4) is 0 Å². The minimum Gasteiger partial charge on any atom is -0.303 e. The van der Waals surface area contributed by atoms with Gasteiger partial charge in [0.05, 0.1) is 0 Å². The molecule has 0 unspecified atom stereocenters. The summed E-state index contributed by atoms with van der Waals surface area (Å²) in [5.74, 6) is 1.78. The molecule has 0 amide bonds. The van der Waals surface area contributed by atoms with E-state index in [2.05, 4.69) is 36.1 Å². The maximum atomic E-state index is 2.71. The van der Waals surface area contributed by atoms with E-state index < -0.39 is 0 Å². The minimum absolute atomic E-state index is 0.854. The zero-order valence-electron chi connectivity index (χ0n) is 11.6. The van der Waals surface area contributed by atoms with Crippen molar-refractivity contribution < 1.29 is 0 Å². The second-order valence-electron chi connectivity index (χ2n) is 6.05. The number of rotatable bonds is 3. The molecule has 2 atom stereocenters. The second kappa shape index (κ2) is 5.44. The lowest BCUT2D eigenvalue weighted by Gasteiger charge is -2.42. The predicted molar refractivity (Wildman–Crippen MR) is 77.0 cm³/mol. The summed E-state index contributed by atoms with van der Waals surface area (Å²) in [5, 5.41) is 0. The molecule has 98 valence electrons. The molecule has 0 aromatic heterocycles. The molecule has 1 heteroatoms. The highest BCUT2D eigenvalue weighted by molar-refractivity contribution is 5.34. The van der Waals surface area contributed by atoms with Crippen LogP contribution in [0.25, 0.3) is 0 Å². The Morgan fingerprint density at radius 2 is 2.11 bits per heavy atom. The van der Waals surface area contributed by atoms with E-state index in [9.17, 15) is 0 Å². The van der Waals surface area contributed by atoms with Crippen LogP contribution in [-0.4, -0.2) is 24.5 Å². The Morgan fingerprint density at radius 1 is 1.22 bits per heavy atom. The fraction of sp³-hybridized carbons (Fsp3) is 0.647. The van der Waals surface area contributed by atoms with Crippen LogP contribution >= 0.6 is 0 Å². The van der Waals surface area contributed by atoms with Crippen LogP contribution in [0.15, 0.2) is 24.3 Å². The first-order valence-corrected chi connectivity index (χ1v) is 7.68. The summed E-state index contributed by atoms with van der Waals surface area (Å²) in [6.45, 7) is 6.28. The lowest BCUT2D eigenvalue weighted by Crippen LogP contribution is -2.41. The molecule has 0 spiro atoms. The summed E-state index contributed by atoms with van der Waals surface area (Å²) in [7, 11) is 0. The Labute approximate surface area is 111 Å². The Morgan fingerprint density at radius 3 is 3.00 bits per heavy atom. The number of piperidine rings is 1. The first-order chi connectivity index (χ1) is 8.88. The first kappa shape index (κ1) is 12.2. The van der Waals surface area contributed by atoms with Gasteiger partial charge in [-0.3, -0.25) is 0 Å². The van der Waals surface area contributed by atoms with Crippen molar-refractivity contribution in [2.24, 2.45) is 5.92 Å². The number of unbranched alkanes of at least 4 members (excludes halogenated alkanes) is 1. The molecule has 18 heavy (non-hydrogen) atoms. The van der Waals surface area contributed by atoms with Crippen molar-refractivity contribution in [2.75, 3.05) is 19.6 Å². The molecule has 1 heterocycles. The van der Waals surface area contributed by atoms with Crippen LogP contribution in [-0.2, 0) is 6.42 Å². The highest BCUT2D eigenvalue weighted by Crippen LogP contribution is 2.41. The Kier molecular flexibility index (Phi) is 3.69. The van der Waals surface area contributed by atoms with Crippen LogP contribution < -0.4 is 0 Å². The van der Waals surface area contributed by atoms with Gasteiger partial charge in [0.2, 0.25) is 0 Å². The van der Waals surface area contributed by atoms with Crippen molar-refractivity contribution in [2.45, 2.75) is 44.9 Å². The number of nitrogens with zero attached hydrogens (tertiary/aromatic N) is 1. The number of benzene rings is 1. The molecule has 0 bridgehead atoms. The third-order valence-corrected chi connectivity index (χ3v) is 4.89. The van der Waals surface area contributed by atoms with Gasteiger partial charge in [-0.05, 0) is 61.7 Å². The maximum Gasteiger partial charge on any atom is 0.00156 e. The van der Waals surface area contributed by atoms with Gasteiger partial charge in [-0.2, -0.15) is 0 Å². The normalized spacial score (nSPS) is 27.6. The molecule has 1 aliphatic heterocycles. The Bertz CT molecular complexity index is 398. The Balaban J connectivity index is 1.70. The van der Waals surface area contributed by atoms with Crippen molar-refractivity contribution in [1.82, 2.24) is 4.90 Å². The molecule has 1 aliphatic carbocycles. The number of fused-ring (bicyclic) bond motifs is 3. The molecule has 1 nitrogen and oxygen atoms in total. The van der Waals surface area contributed by atoms with Gasteiger partial charge in [0.25, 0.3) is 0 Å². The van der Waals surface area contributed by atoms with Crippen molar-refractivity contribution in [1.29, 1.82) is 0 Å². The Hall–Kier alpha value is -0.820. The van der Waals surface area contributed by atoms with E-state index in [1.54, 1.807) is 11.1 Å². The monoisotopic (exact) mass is 243 g/mol. The van der Waals surface area contributed by atoms with Crippen molar-refractivity contribution in [3.63, 3.8) is 0 Å². The summed E-state index contributed by atoms with van der Waals surface area (Å²) in [6, 6.07) is 9.16. The molecule has 0 N–H and O–H groups in total. The highest BCUT2D eigenvalue weighted by Gasteiger charge is 2.33. The lowest BCUT2D eigenvalue weighted by atomic mass is 9.71. The summed E-state index contributed by atoms with van der Waals surface area (Å²) < 4.78 is 0. The fourth-order valence-corrected chi connectivity index (χ4v) is 3.86. The minimum atomic E-state index is 0.854. The van der Waals surface area contributed by atoms with Gasteiger partial charge in [0, 0.05) is 6.54 Å². The molecular weight excluding hydrogens is 218 g/mol.